The van der Waals surface area contributed by atoms with Gasteiger partial charge in [0.2, 0.25) is 0 Å². The molecule has 136 valence electrons. The number of sulfonamides is 1. The predicted octanol–water partition coefficient (Wildman–Crippen LogP) is 2.23. The van der Waals surface area contributed by atoms with Crippen LogP contribution in [0.4, 0.5) is 11.4 Å². The van der Waals surface area contributed by atoms with Crippen LogP contribution in [0.15, 0.2) is 33.7 Å². The molecule has 1 aliphatic heterocycles. The van der Waals surface area contributed by atoms with E-state index in [0.29, 0.717) is 11.4 Å². The summed E-state index contributed by atoms with van der Waals surface area (Å²) in [6.45, 7) is 10.5. The van der Waals surface area contributed by atoms with E-state index < -0.39 is 10.0 Å². The van der Waals surface area contributed by atoms with Crippen molar-refractivity contribution in [3.05, 3.63) is 35.7 Å². The Bertz CT molecular complexity index is 803. The number of likely N-dealkylation sites (N-methyl/N-ethyl adjacent to an activating group) is 1. The minimum absolute atomic E-state index is 0.104. The SMILES string of the molecule is CCN1CCN(c2ccc(NS(=O)(=O)c3c(C)noc3C)cc2)CC1. The number of piperazine rings is 1. The Labute approximate surface area is 148 Å². The summed E-state index contributed by atoms with van der Waals surface area (Å²) in [5.74, 6) is 0.287. The molecule has 0 aliphatic carbocycles. The van der Waals surface area contributed by atoms with Crippen LogP contribution in [0, 0.1) is 13.8 Å². The molecule has 2 heterocycles. The van der Waals surface area contributed by atoms with Gasteiger partial charge < -0.3 is 14.3 Å². The van der Waals surface area contributed by atoms with Crippen LogP contribution < -0.4 is 9.62 Å². The first-order chi connectivity index (χ1) is 11.9. The monoisotopic (exact) mass is 364 g/mol. The van der Waals surface area contributed by atoms with Crippen molar-refractivity contribution >= 4 is 21.4 Å². The minimum Gasteiger partial charge on any atom is -0.369 e. The lowest BCUT2D eigenvalue weighted by molar-refractivity contribution is 0.271. The lowest BCUT2D eigenvalue weighted by Gasteiger charge is -2.35. The maximum Gasteiger partial charge on any atom is 0.267 e. The van der Waals surface area contributed by atoms with Gasteiger partial charge in [-0.2, -0.15) is 0 Å². The summed E-state index contributed by atoms with van der Waals surface area (Å²) in [6.07, 6.45) is 0. The van der Waals surface area contributed by atoms with Gasteiger partial charge in [-0.25, -0.2) is 8.42 Å². The van der Waals surface area contributed by atoms with Gasteiger partial charge in [0.15, 0.2) is 10.7 Å². The Hall–Kier alpha value is -2.06. The second-order valence-corrected chi connectivity index (χ2v) is 7.85. The minimum atomic E-state index is -3.71. The van der Waals surface area contributed by atoms with Crippen LogP contribution in [0.5, 0.6) is 0 Å². The molecule has 7 nitrogen and oxygen atoms in total. The van der Waals surface area contributed by atoms with Gasteiger partial charge in [0.1, 0.15) is 5.69 Å². The first kappa shape index (κ1) is 17.8. The van der Waals surface area contributed by atoms with E-state index in [1.807, 2.05) is 12.1 Å². The number of hydrogen-bond acceptors (Lipinski definition) is 6. The standard InChI is InChI=1S/C17H24N4O3S/c1-4-20-9-11-21(12-10-20)16-7-5-15(6-8-16)19-25(22,23)17-13(2)18-24-14(17)3/h5-8,19H,4,9-12H2,1-3H3. The molecule has 0 atom stereocenters. The fraction of sp³-hybridized carbons (Fsp3) is 0.471. The van der Waals surface area contributed by atoms with E-state index in [0.717, 1.165) is 38.4 Å². The maximum atomic E-state index is 12.5. The number of benzene rings is 1. The third-order valence-corrected chi connectivity index (χ3v) is 6.17. The van der Waals surface area contributed by atoms with Gasteiger partial charge in [-0.05, 0) is 44.7 Å². The molecule has 0 unspecified atom stereocenters. The summed E-state index contributed by atoms with van der Waals surface area (Å²) in [6, 6.07) is 7.48. The van der Waals surface area contributed by atoms with Gasteiger partial charge in [0.25, 0.3) is 10.0 Å². The van der Waals surface area contributed by atoms with Crippen molar-refractivity contribution in [3.8, 4) is 0 Å². The maximum absolute atomic E-state index is 12.5. The zero-order valence-electron chi connectivity index (χ0n) is 14.8. The van der Waals surface area contributed by atoms with Crippen LogP contribution in [0.2, 0.25) is 0 Å². The lowest BCUT2D eigenvalue weighted by Crippen LogP contribution is -2.46. The quantitative estimate of drug-likeness (QED) is 0.877. The van der Waals surface area contributed by atoms with Crippen molar-refractivity contribution in [2.45, 2.75) is 25.7 Å². The van der Waals surface area contributed by atoms with Crippen molar-refractivity contribution in [2.75, 3.05) is 42.3 Å². The number of nitrogens with one attached hydrogen (secondary N) is 1. The summed E-state index contributed by atoms with van der Waals surface area (Å²) >= 11 is 0. The summed E-state index contributed by atoms with van der Waals surface area (Å²) in [5.41, 5.74) is 1.99. The van der Waals surface area contributed by atoms with E-state index in [-0.39, 0.29) is 10.7 Å². The smallest absolute Gasteiger partial charge is 0.267 e. The summed E-state index contributed by atoms with van der Waals surface area (Å²) < 4.78 is 32.6. The highest BCUT2D eigenvalue weighted by molar-refractivity contribution is 7.92. The molecule has 0 saturated carbocycles. The summed E-state index contributed by atoms with van der Waals surface area (Å²) in [7, 11) is -3.71. The molecule has 0 radical (unpaired) electrons. The van der Waals surface area contributed by atoms with Gasteiger partial charge >= 0.3 is 0 Å². The Morgan fingerprint density at radius 3 is 2.28 bits per heavy atom. The first-order valence-corrected chi connectivity index (χ1v) is 9.92. The van der Waals surface area contributed by atoms with E-state index >= 15 is 0 Å². The van der Waals surface area contributed by atoms with E-state index in [1.54, 1.807) is 26.0 Å². The van der Waals surface area contributed by atoms with E-state index in [1.165, 1.54) is 0 Å². The van der Waals surface area contributed by atoms with Gasteiger partial charge in [0, 0.05) is 37.6 Å². The fourth-order valence-corrected chi connectivity index (χ4v) is 4.52. The van der Waals surface area contributed by atoms with Crippen molar-refractivity contribution in [2.24, 2.45) is 0 Å². The molecule has 8 heteroatoms. The molecule has 1 aliphatic rings. The topological polar surface area (TPSA) is 78.7 Å². The van der Waals surface area contributed by atoms with Crippen molar-refractivity contribution < 1.29 is 12.9 Å². The molecule has 1 aromatic heterocycles. The molecular formula is C17H24N4O3S. The third-order valence-electron chi connectivity index (χ3n) is 4.54. The summed E-state index contributed by atoms with van der Waals surface area (Å²) in [4.78, 5) is 4.84. The average molecular weight is 364 g/mol. The predicted molar refractivity (Wildman–Crippen MR) is 97.6 cm³/mol. The highest BCUT2D eigenvalue weighted by atomic mass is 32.2. The second-order valence-electron chi connectivity index (χ2n) is 6.23. The molecule has 25 heavy (non-hydrogen) atoms. The second kappa shape index (κ2) is 7.05. The Morgan fingerprint density at radius 2 is 1.76 bits per heavy atom. The number of hydrogen-bond donors (Lipinski definition) is 1. The van der Waals surface area contributed by atoms with Gasteiger partial charge in [0.05, 0.1) is 0 Å². The van der Waals surface area contributed by atoms with E-state index in [2.05, 4.69) is 26.6 Å². The van der Waals surface area contributed by atoms with Crippen molar-refractivity contribution in [1.29, 1.82) is 0 Å². The molecular weight excluding hydrogens is 340 g/mol. The number of nitrogens with zero attached hydrogens (tertiary/aromatic N) is 3. The summed E-state index contributed by atoms with van der Waals surface area (Å²) in [5, 5.41) is 3.71. The Kier molecular flexibility index (Phi) is 5.01. The third kappa shape index (κ3) is 3.80. The number of anilines is 2. The van der Waals surface area contributed by atoms with Gasteiger partial charge in [-0.3, -0.25) is 4.72 Å². The highest BCUT2D eigenvalue weighted by Crippen LogP contribution is 2.24. The van der Waals surface area contributed by atoms with E-state index in [4.69, 9.17) is 4.52 Å². The van der Waals surface area contributed by atoms with Crippen molar-refractivity contribution in [3.63, 3.8) is 0 Å². The molecule has 1 fully saturated rings. The average Bonchev–Trinajstić information content (AvgIpc) is 2.95. The van der Waals surface area contributed by atoms with Gasteiger partial charge in [-0.15, -0.1) is 0 Å². The Morgan fingerprint density at radius 1 is 1.12 bits per heavy atom. The van der Waals surface area contributed by atoms with Crippen molar-refractivity contribution in [1.82, 2.24) is 10.1 Å². The number of aryl methyl sites for hydroxylation is 2. The first-order valence-electron chi connectivity index (χ1n) is 8.44. The van der Waals surface area contributed by atoms with E-state index in [9.17, 15) is 8.42 Å². The molecule has 1 saturated heterocycles. The van der Waals surface area contributed by atoms with Gasteiger partial charge in [-0.1, -0.05) is 12.1 Å². The lowest BCUT2D eigenvalue weighted by atomic mass is 10.2. The molecule has 1 aromatic carbocycles. The zero-order chi connectivity index (χ0) is 18.0. The molecule has 3 rings (SSSR count). The molecule has 0 spiro atoms. The van der Waals surface area contributed by atoms with Crippen LogP contribution in [0.25, 0.3) is 0 Å². The molecule has 2 aromatic rings. The highest BCUT2D eigenvalue weighted by Gasteiger charge is 2.24. The largest absolute Gasteiger partial charge is 0.369 e. The normalized spacial score (nSPS) is 16.2. The molecule has 0 amide bonds. The molecule has 1 N–H and O–H groups in total. The van der Waals surface area contributed by atoms with Crippen LogP contribution in [-0.2, 0) is 10.0 Å². The fourth-order valence-electron chi connectivity index (χ4n) is 3.13. The zero-order valence-corrected chi connectivity index (χ0v) is 15.6. The van der Waals surface area contributed by atoms with Crippen LogP contribution in [0.3, 0.4) is 0 Å². The number of rotatable bonds is 5. The number of aromatic nitrogens is 1. The van der Waals surface area contributed by atoms with Crippen LogP contribution in [-0.4, -0.2) is 51.2 Å². The van der Waals surface area contributed by atoms with Crippen LogP contribution in [0.1, 0.15) is 18.4 Å². The molecule has 0 bridgehead atoms. The Balaban J connectivity index is 1.71. The van der Waals surface area contributed by atoms with Crippen LogP contribution >= 0.6 is 0 Å².